The van der Waals surface area contributed by atoms with Gasteiger partial charge in [-0.1, -0.05) is 6.07 Å². The minimum Gasteiger partial charge on any atom is -0.497 e. The minimum atomic E-state index is 0.843. The summed E-state index contributed by atoms with van der Waals surface area (Å²) in [6.07, 6.45) is 1.93. The summed E-state index contributed by atoms with van der Waals surface area (Å²) in [5.74, 6) is 0.877. The van der Waals surface area contributed by atoms with E-state index in [1.54, 1.807) is 18.4 Å². The first-order valence-electron chi connectivity index (χ1n) is 6.26. The number of hydrogen-bond donors (Lipinski definition) is 1. The first-order valence-corrected chi connectivity index (χ1v) is 7.08. The highest BCUT2D eigenvalue weighted by Gasteiger charge is 2.06. The van der Waals surface area contributed by atoms with E-state index in [2.05, 4.69) is 35.2 Å². The number of rotatable bonds is 6. The minimum absolute atomic E-state index is 0.843. The molecule has 1 aromatic heterocycles. The van der Waals surface area contributed by atoms with Gasteiger partial charge in [0, 0.05) is 36.4 Å². The number of nitrogens with zero attached hydrogens (tertiary/aromatic N) is 2. The summed E-state index contributed by atoms with van der Waals surface area (Å²) in [5, 5.41) is 4.21. The van der Waals surface area contributed by atoms with Crippen LogP contribution in [0.25, 0.3) is 0 Å². The molecule has 2 rings (SSSR count). The zero-order chi connectivity index (χ0) is 13.7. The molecule has 0 spiro atoms. The van der Waals surface area contributed by atoms with Gasteiger partial charge in [-0.15, -0.1) is 11.3 Å². The standard InChI is InChI=1S/C14H19N3OS/c1-4-15-14-16-9-13(19-14)10-17(2)11-6-5-7-12(8-11)18-3/h5-9H,4,10H2,1-3H3,(H,15,16). The second-order valence-electron chi connectivity index (χ2n) is 4.22. The third-order valence-electron chi connectivity index (χ3n) is 2.77. The quantitative estimate of drug-likeness (QED) is 0.879. The van der Waals surface area contributed by atoms with Crippen molar-refractivity contribution < 1.29 is 4.74 Å². The number of nitrogens with one attached hydrogen (secondary N) is 1. The fourth-order valence-electron chi connectivity index (χ4n) is 1.79. The Kier molecular flexibility index (Phi) is 4.63. The molecule has 0 amide bonds. The number of benzene rings is 1. The predicted molar refractivity (Wildman–Crippen MR) is 81.4 cm³/mol. The maximum absolute atomic E-state index is 5.24. The maximum atomic E-state index is 5.24. The van der Waals surface area contributed by atoms with E-state index in [0.29, 0.717) is 0 Å². The molecule has 102 valence electrons. The van der Waals surface area contributed by atoms with Gasteiger partial charge in [-0.3, -0.25) is 0 Å². The first kappa shape index (κ1) is 13.7. The Morgan fingerprint density at radius 1 is 1.42 bits per heavy atom. The van der Waals surface area contributed by atoms with Crippen LogP contribution in [0.4, 0.5) is 10.8 Å². The summed E-state index contributed by atoms with van der Waals surface area (Å²) < 4.78 is 5.24. The van der Waals surface area contributed by atoms with Crippen LogP contribution in [0.15, 0.2) is 30.5 Å². The highest BCUT2D eigenvalue weighted by molar-refractivity contribution is 7.15. The lowest BCUT2D eigenvalue weighted by atomic mass is 10.3. The lowest BCUT2D eigenvalue weighted by Gasteiger charge is -2.18. The highest BCUT2D eigenvalue weighted by atomic mass is 32.1. The van der Waals surface area contributed by atoms with Crippen LogP contribution in [-0.4, -0.2) is 25.7 Å². The molecule has 0 saturated carbocycles. The van der Waals surface area contributed by atoms with Crippen molar-refractivity contribution >= 4 is 22.2 Å². The van der Waals surface area contributed by atoms with Crippen molar-refractivity contribution in [2.24, 2.45) is 0 Å². The van der Waals surface area contributed by atoms with Crippen molar-refractivity contribution in [2.45, 2.75) is 13.5 Å². The van der Waals surface area contributed by atoms with Crippen molar-refractivity contribution in [3.05, 3.63) is 35.3 Å². The van der Waals surface area contributed by atoms with Crippen molar-refractivity contribution in [1.29, 1.82) is 0 Å². The molecule has 1 heterocycles. The zero-order valence-corrected chi connectivity index (χ0v) is 12.3. The van der Waals surface area contributed by atoms with E-state index in [1.807, 2.05) is 24.4 Å². The SMILES string of the molecule is CCNc1ncc(CN(C)c2cccc(OC)c2)s1. The van der Waals surface area contributed by atoms with E-state index in [4.69, 9.17) is 4.74 Å². The smallest absolute Gasteiger partial charge is 0.182 e. The largest absolute Gasteiger partial charge is 0.497 e. The Balaban J connectivity index is 2.04. The summed E-state index contributed by atoms with van der Waals surface area (Å²) in [7, 11) is 3.76. The van der Waals surface area contributed by atoms with Gasteiger partial charge in [-0.05, 0) is 19.1 Å². The summed E-state index contributed by atoms with van der Waals surface area (Å²) in [4.78, 5) is 7.77. The van der Waals surface area contributed by atoms with Crippen molar-refractivity contribution in [2.75, 3.05) is 30.9 Å². The molecule has 0 aliphatic carbocycles. The second-order valence-corrected chi connectivity index (χ2v) is 5.33. The Bertz CT molecular complexity index is 527. The van der Waals surface area contributed by atoms with Crippen LogP contribution in [0, 0.1) is 0 Å². The number of aromatic nitrogens is 1. The van der Waals surface area contributed by atoms with E-state index in [9.17, 15) is 0 Å². The molecule has 19 heavy (non-hydrogen) atoms. The van der Waals surface area contributed by atoms with Crippen molar-refractivity contribution in [3.63, 3.8) is 0 Å². The number of methoxy groups -OCH3 is 1. The topological polar surface area (TPSA) is 37.4 Å². The molecule has 0 radical (unpaired) electrons. The van der Waals surface area contributed by atoms with Gasteiger partial charge in [0.1, 0.15) is 5.75 Å². The lowest BCUT2D eigenvalue weighted by molar-refractivity contribution is 0.415. The normalized spacial score (nSPS) is 10.3. The molecular formula is C14H19N3OS. The molecular weight excluding hydrogens is 258 g/mol. The Hall–Kier alpha value is -1.75. The van der Waals surface area contributed by atoms with Crippen LogP contribution in [0.2, 0.25) is 0 Å². The number of anilines is 2. The van der Waals surface area contributed by atoms with Gasteiger partial charge in [0.25, 0.3) is 0 Å². The average Bonchev–Trinajstić information content (AvgIpc) is 2.86. The van der Waals surface area contributed by atoms with Gasteiger partial charge in [-0.2, -0.15) is 0 Å². The molecule has 2 aromatic rings. The Labute approximate surface area is 118 Å². The van der Waals surface area contributed by atoms with Gasteiger partial charge in [0.05, 0.1) is 13.7 Å². The summed E-state index contributed by atoms with van der Waals surface area (Å²) >= 11 is 1.70. The molecule has 0 atom stereocenters. The van der Waals surface area contributed by atoms with E-state index in [0.717, 1.165) is 29.7 Å². The third kappa shape index (κ3) is 3.61. The Morgan fingerprint density at radius 2 is 2.26 bits per heavy atom. The number of hydrogen-bond acceptors (Lipinski definition) is 5. The van der Waals surface area contributed by atoms with Crippen LogP contribution in [0.1, 0.15) is 11.8 Å². The summed E-state index contributed by atoms with van der Waals surface area (Å²) in [5.41, 5.74) is 1.14. The van der Waals surface area contributed by atoms with E-state index in [-0.39, 0.29) is 0 Å². The molecule has 0 saturated heterocycles. The van der Waals surface area contributed by atoms with Crippen LogP contribution in [-0.2, 0) is 6.54 Å². The molecule has 0 aliphatic rings. The molecule has 0 fully saturated rings. The van der Waals surface area contributed by atoms with Gasteiger partial charge in [-0.25, -0.2) is 4.98 Å². The summed E-state index contributed by atoms with van der Waals surface area (Å²) in [6, 6.07) is 8.07. The van der Waals surface area contributed by atoms with Gasteiger partial charge >= 0.3 is 0 Å². The monoisotopic (exact) mass is 277 g/mol. The predicted octanol–water partition coefficient (Wildman–Crippen LogP) is 3.22. The highest BCUT2D eigenvalue weighted by Crippen LogP contribution is 2.24. The van der Waals surface area contributed by atoms with E-state index >= 15 is 0 Å². The van der Waals surface area contributed by atoms with Crippen LogP contribution in [0.5, 0.6) is 5.75 Å². The molecule has 4 nitrogen and oxygen atoms in total. The average molecular weight is 277 g/mol. The van der Waals surface area contributed by atoms with Crippen molar-refractivity contribution in [1.82, 2.24) is 4.98 Å². The molecule has 5 heteroatoms. The van der Waals surface area contributed by atoms with E-state index < -0.39 is 0 Å². The molecule has 0 bridgehead atoms. The van der Waals surface area contributed by atoms with Crippen LogP contribution < -0.4 is 15.0 Å². The first-order chi connectivity index (χ1) is 9.22. The molecule has 1 N–H and O–H groups in total. The van der Waals surface area contributed by atoms with Crippen LogP contribution >= 0.6 is 11.3 Å². The van der Waals surface area contributed by atoms with Gasteiger partial charge < -0.3 is 15.0 Å². The fraction of sp³-hybridized carbons (Fsp3) is 0.357. The lowest BCUT2D eigenvalue weighted by Crippen LogP contribution is -2.15. The molecule has 0 unspecified atom stereocenters. The maximum Gasteiger partial charge on any atom is 0.182 e. The summed E-state index contributed by atoms with van der Waals surface area (Å²) in [6.45, 7) is 3.82. The van der Waals surface area contributed by atoms with Gasteiger partial charge in [0.15, 0.2) is 5.13 Å². The molecule has 0 aliphatic heterocycles. The van der Waals surface area contributed by atoms with Crippen molar-refractivity contribution in [3.8, 4) is 5.75 Å². The number of ether oxygens (including phenoxy) is 1. The van der Waals surface area contributed by atoms with E-state index in [1.165, 1.54) is 4.88 Å². The third-order valence-corrected chi connectivity index (χ3v) is 3.71. The fourth-order valence-corrected chi connectivity index (χ4v) is 2.72. The number of thiazole rings is 1. The van der Waals surface area contributed by atoms with Crippen LogP contribution in [0.3, 0.4) is 0 Å². The zero-order valence-electron chi connectivity index (χ0n) is 11.5. The Morgan fingerprint density at radius 3 is 3.00 bits per heavy atom. The molecule has 1 aromatic carbocycles. The second kappa shape index (κ2) is 6.43. The van der Waals surface area contributed by atoms with Gasteiger partial charge in [0.2, 0.25) is 0 Å².